The van der Waals surface area contributed by atoms with Crippen molar-refractivity contribution >= 4 is 16.6 Å². The molecule has 2 aromatic heterocycles. The Morgan fingerprint density at radius 3 is 2.65 bits per heavy atom. The largest absolute Gasteiger partial charge is 0.298 e. The summed E-state index contributed by atoms with van der Waals surface area (Å²) in [5, 5.41) is 0.270. The van der Waals surface area contributed by atoms with Crippen LogP contribution in [0.2, 0.25) is 0 Å². The number of hydrogen-bond donors (Lipinski definition) is 0. The number of halogens is 2. The smallest absolute Gasteiger partial charge is 0.168 e. The van der Waals surface area contributed by atoms with Crippen molar-refractivity contribution in [3.05, 3.63) is 47.3 Å². The van der Waals surface area contributed by atoms with Crippen LogP contribution in [0.25, 0.3) is 16.6 Å². The number of fused-ring (bicyclic) bond motifs is 3. The third-order valence-corrected chi connectivity index (χ3v) is 2.91. The van der Waals surface area contributed by atoms with E-state index < -0.39 is 11.6 Å². The zero-order valence-electron chi connectivity index (χ0n) is 9.46. The Bertz CT molecular complexity index is 744. The molecule has 2 heterocycles. The lowest BCUT2D eigenvalue weighted by molar-refractivity contribution is 0.517. The van der Waals surface area contributed by atoms with E-state index >= 15 is 0 Å². The van der Waals surface area contributed by atoms with Gasteiger partial charge in [0.25, 0.3) is 0 Å². The lowest BCUT2D eigenvalue weighted by Gasteiger charge is -2.03. The molecule has 0 saturated heterocycles. The monoisotopic (exact) mass is 232 g/mol. The molecule has 0 radical (unpaired) electrons. The van der Waals surface area contributed by atoms with Crippen LogP contribution in [0, 0.1) is 25.5 Å². The van der Waals surface area contributed by atoms with Crippen LogP contribution in [0.15, 0.2) is 24.3 Å². The van der Waals surface area contributed by atoms with Gasteiger partial charge in [0.05, 0.1) is 5.52 Å². The highest BCUT2D eigenvalue weighted by atomic mass is 19.2. The van der Waals surface area contributed by atoms with Crippen LogP contribution < -0.4 is 0 Å². The predicted octanol–water partition coefficient (Wildman–Crippen LogP) is 3.38. The zero-order valence-corrected chi connectivity index (χ0v) is 9.46. The molecule has 0 fully saturated rings. The summed E-state index contributed by atoms with van der Waals surface area (Å²) in [5.74, 6) is -1.65. The SMILES string of the molecule is Cc1cc(C)n2c(cc3c(F)c(F)ccc32)n1. The minimum absolute atomic E-state index is 0.270. The van der Waals surface area contributed by atoms with Crippen molar-refractivity contribution in [1.29, 1.82) is 0 Å². The molecule has 0 saturated carbocycles. The van der Waals surface area contributed by atoms with Gasteiger partial charge in [0, 0.05) is 16.8 Å². The molecule has 17 heavy (non-hydrogen) atoms. The van der Waals surface area contributed by atoms with Gasteiger partial charge in [-0.05, 0) is 38.1 Å². The van der Waals surface area contributed by atoms with Crippen LogP contribution >= 0.6 is 0 Å². The first-order valence-corrected chi connectivity index (χ1v) is 5.31. The second-order valence-electron chi connectivity index (χ2n) is 4.17. The van der Waals surface area contributed by atoms with Crippen molar-refractivity contribution < 1.29 is 8.78 Å². The Hall–Kier alpha value is -1.97. The van der Waals surface area contributed by atoms with Gasteiger partial charge in [-0.3, -0.25) is 4.40 Å². The number of aryl methyl sites for hydroxylation is 2. The summed E-state index contributed by atoms with van der Waals surface area (Å²) in [4.78, 5) is 4.32. The average Bonchev–Trinajstić information content (AvgIpc) is 2.62. The van der Waals surface area contributed by atoms with Crippen molar-refractivity contribution in [1.82, 2.24) is 9.38 Å². The van der Waals surface area contributed by atoms with Gasteiger partial charge in [0.1, 0.15) is 5.65 Å². The van der Waals surface area contributed by atoms with Gasteiger partial charge < -0.3 is 0 Å². The molecule has 0 bridgehead atoms. The van der Waals surface area contributed by atoms with E-state index in [1.807, 2.05) is 24.3 Å². The summed E-state index contributed by atoms with van der Waals surface area (Å²) < 4.78 is 28.6. The van der Waals surface area contributed by atoms with Gasteiger partial charge in [0.2, 0.25) is 0 Å². The molecule has 0 spiro atoms. The summed E-state index contributed by atoms with van der Waals surface area (Å²) in [5.41, 5.74) is 3.10. The van der Waals surface area contributed by atoms with Crippen LogP contribution in [0.3, 0.4) is 0 Å². The maximum Gasteiger partial charge on any atom is 0.168 e. The van der Waals surface area contributed by atoms with Gasteiger partial charge in [-0.15, -0.1) is 0 Å². The van der Waals surface area contributed by atoms with Crippen molar-refractivity contribution in [2.24, 2.45) is 0 Å². The number of hydrogen-bond acceptors (Lipinski definition) is 1. The van der Waals surface area contributed by atoms with Gasteiger partial charge in [0.15, 0.2) is 11.6 Å². The maximum absolute atomic E-state index is 13.7. The molecular formula is C13H10F2N2. The topological polar surface area (TPSA) is 17.3 Å². The van der Waals surface area contributed by atoms with Crippen molar-refractivity contribution in [2.45, 2.75) is 13.8 Å². The lowest BCUT2D eigenvalue weighted by Crippen LogP contribution is -1.95. The summed E-state index contributed by atoms with van der Waals surface area (Å²) in [6, 6.07) is 6.20. The molecule has 86 valence electrons. The molecule has 0 aliphatic carbocycles. The molecule has 1 aromatic carbocycles. The average molecular weight is 232 g/mol. The fraction of sp³-hybridized carbons (Fsp3) is 0.154. The molecule has 0 aliphatic heterocycles. The lowest BCUT2D eigenvalue weighted by atomic mass is 10.2. The maximum atomic E-state index is 13.7. The predicted molar refractivity (Wildman–Crippen MR) is 62.1 cm³/mol. The van der Waals surface area contributed by atoms with Gasteiger partial charge in [-0.2, -0.15) is 0 Å². The van der Waals surface area contributed by atoms with Crippen molar-refractivity contribution in [2.75, 3.05) is 0 Å². The van der Waals surface area contributed by atoms with E-state index in [0.29, 0.717) is 11.2 Å². The first-order chi connectivity index (χ1) is 8.08. The number of benzene rings is 1. The third-order valence-electron chi connectivity index (χ3n) is 2.91. The molecular weight excluding hydrogens is 222 g/mol. The summed E-state index contributed by atoms with van der Waals surface area (Å²) in [6.45, 7) is 3.80. The van der Waals surface area contributed by atoms with E-state index in [4.69, 9.17) is 0 Å². The Labute approximate surface area is 96.5 Å². The summed E-state index contributed by atoms with van der Waals surface area (Å²) in [6.07, 6.45) is 0. The van der Waals surface area contributed by atoms with Crippen LogP contribution in [0.1, 0.15) is 11.4 Å². The number of aromatic nitrogens is 2. The second kappa shape index (κ2) is 3.26. The molecule has 0 amide bonds. The van der Waals surface area contributed by atoms with E-state index in [1.165, 1.54) is 0 Å². The highest BCUT2D eigenvalue weighted by Gasteiger charge is 2.13. The van der Waals surface area contributed by atoms with E-state index in [-0.39, 0.29) is 5.39 Å². The highest BCUT2D eigenvalue weighted by Crippen LogP contribution is 2.25. The molecule has 0 N–H and O–H groups in total. The third kappa shape index (κ3) is 1.33. The van der Waals surface area contributed by atoms with E-state index in [9.17, 15) is 8.78 Å². The molecule has 4 heteroatoms. The van der Waals surface area contributed by atoms with Crippen LogP contribution in [-0.4, -0.2) is 9.38 Å². The quantitative estimate of drug-likeness (QED) is 0.580. The Balaban J connectivity index is 2.59. The Morgan fingerprint density at radius 2 is 1.88 bits per heavy atom. The van der Waals surface area contributed by atoms with Gasteiger partial charge >= 0.3 is 0 Å². The van der Waals surface area contributed by atoms with E-state index in [1.54, 1.807) is 12.1 Å². The minimum Gasteiger partial charge on any atom is -0.298 e. The van der Waals surface area contributed by atoms with Crippen LogP contribution in [0.4, 0.5) is 8.78 Å². The second-order valence-corrected chi connectivity index (χ2v) is 4.17. The normalized spacial score (nSPS) is 11.5. The first kappa shape index (κ1) is 10.2. The Morgan fingerprint density at radius 1 is 1.12 bits per heavy atom. The summed E-state index contributed by atoms with van der Waals surface area (Å²) in [7, 11) is 0. The molecule has 3 aromatic rings. The van der Waals surface area contributed by atoms with Crippen LogP contribution in [-0.2, 0) is 0 Å². The van der Waals surface area contributed by atoms with Crippen molar-refractivity contribution in [3.8, 4) is 0 Å². The molecule has 2 nitrogen and oxygen atoms in total. The zero-order chi connectivity index (χ0) is 12.2. The standard InChI is InChI=1S/C13H10F2N2/c1-7-5-8(2)17-11-4-3-10(14)13(15)9(11)6-12(17)16-7/h3-6H,1-2H3. The molecule has 3 rings (SSSR count). The highest BCUT2D eigenvalue weighted by molar-refractivity contribution is 5.87. The Kier molecular flexibility index (Phi) is 1.96. The van der Waals surface area contributed by atoms with E-state index in [0.717, 1.165) is 17.5 Å². The van der Waals surface area contributed by atoms with E-state index in [2.05, 4.69) is 4.98 Å². The van der Waals surface area contributed by atoms with Gasteiger partial charge in [-0.25, -0.2) is 13.8 Å². The minimum atomic E-state index is -0.831. The number of rotatable bonds is 0. The molecule has 0 aliphatic rings. The number of nitrogens with zero attached hydrogens (tertiary/aromatic N) is 2. The van der Waals surface area contributed by atoms with Crippen molar-refractivity contribution in [3.63, 3.8) is 0 Å². The summed E-state index contributed by atoms with van der Waals surface area (Å²) >= 11 is 0. The fourth-order valence-corrected chi connectivity index (χ4v) is 2.24. The van der Waals surface area contributed by atoms with Gasteiger partial charge in [-0.1, -0.05) is 0 Å². The first-order valence-electron chi connectivity index (χ1n) is 5.31. The molecule has 0 atom stereocenters. The van der Waals surface area contributed by atoms with Crippen LogP contribution in [0.5, 0.6) is 0 Å². The molecule has 0 unspecified atom stereocenters. The fourth-order valence-electron chi connectivity index (χ4n) is 2.24.